The van der Waals surface area contributed by atoms with Gasteiger partial charge in [0.05, 0.1) is 0 Å². The third-order valence-electron chi connectivity index (χ3n) is 13.5. The molecule has 192 valence electrons. The summed E-state index contributed by atoms with van der Waals surface area (Å²) in [5.41, 5.74) is 5.40. The van der Waals surface area contributed by atoms with E-state index in [0.29, 0.717) is 27.6 Å². The Morgan fingerprint density at radius 3 is 2.21 bits per heavy atom. The molecule has 5 aliphatic carbocycles. The second kappa shape index (κ2) is 7.61. The number of hydrogen-bond acceptors (Lipinski definition) is 2. The number of rotatable bonds is 1. The van der Waals surface area contributed by atoms with Gasteiger partial charge in [0.25, 0.3) is 0 Å². The maximum atomic E-state index is 11.9. The summed E-state index contributed by atoms with van der Waals surface area (Å²) in [4.78, 5) is 11.9. The number of carbonyl (C=O) groups excluding carboxylic acids is 1. The molecule has 0 aromatic rings. The molecule has 5 aliphatic rings. The highest BCUT2D eigenvalue weighted by molar-refractivity contribution is 5.66. The van der Waals surface area contributed by atoms with E-state index in [-0.39, 0.29) is 17.5 Å². The van der Waals surface area contributed by atoms with Gasteiger partial charge in [0.15, 0.2) is 0 Å². The zero-order valence-corrected chi connectivity index (χ0v) is 23.8. The summed E-state index contributed by atoms with van der Waals surface area (Å²) in [6, 6.07) is 0. The van der Waals surface area contributed by atoms with E-state index in [0.717, 1.165) is 24.2 Å². The number of allylic oxidation sites excluding steroid dienone is 2. The van der Waals surface area contributed by atoms with Crippen molar-refractivity contribution in [2.75, 3.05) is 0 Å². The Bertz CT molecular complexity index is 899. The summed E-state index contributed by atoms with van der Waals surface area (Å²) in [7, 11) is 0. The van der Waals surface area contributed by atoms with Crippen LogP contribution in [0.1, 0.15) is 127 Å². The molecule has 2 nitrogen and oxygen atoms in total. The van der Waals surface area contributed by atoms with Gasteiger partial charge in [-0.15, -0.1) is 0 Å². The van der Waals surface area contributed by atoms with E-state index in [4.69, 9.17) is 4.74 Å². The lowest BCUT2D eigenvalue weighted by molar-refractivity contribution is -0.213. The zero-order chi connectivity index (χ0) is 24.9. The molecule has 0 amide bonds. The monoisotopic (exact) mass is 468 g/mol. The second-order valence-corrected chi connectivity index (χ2v) is 15.2. The molecule has 9 atom stereocenters. The molecule has 2 heteroatoms. The minimum absolute atomic E-state index is 0.0537. The molecule has 0 heterocycles. The van der Waals surface area contributed by atoms with E-state index >= 15 is 0 Å². The average Bonchev–Trinajstić information content (AvgIpc) is 2.74. The lowest BCUT2D eigenvalue weighted by atomic mass is 9.34. The Balaban J connectivity index is 1.55. The van der Waals surface area contributed by atoms with Crippen molar-refractivity contribution in [3.05, 3.63) is 11.1 Å². The molecule has 0 aromatic heterocycles. The van der Waals surface area contributed by atoms with Crippen molar-refractivity contribution in [1.29, 1.82) is 0 Å². The lowest BCUT2D eigenvalue weighted by Gasteiger charge is -2.71. The molecule has 9 unspecified atom stereocenters. The Kier molecular flexibility index (Phi) is 5.57. The SMILES string of the molecule is CC(=O)OC1CCC2(C)C(CCC3(C)C2CCC2=C4C(C)C(C)CCC4(C)CCC23C)C1(C)C. The van der Waals surface area contributed by atoms with Crippen LogP contribution in [-0.4, -0.2) is 12.1 Å². The topological polar surface area (TPSA) is 26.3 Å². The number of fused-ring (bicyclic) bond motifs is 6. The first-order valence-corrected chi connectivity index (χ1v) is 14.6. The van der Waals surface area contributed by atoms with Gasteiger partial charge in [0.1, 0.15) is 6.10 Å². The fraction of sp³-hybridized carbons (Fsp3) is 0.906. The molecule has 0 bridgehead atoms. The molecule has 4 fully saturated rings. The Labute approximate surface area is 210 Å². The summed E-state index contributed by atoms with van der Waals surface area (Å²) >= 11 is 0. The van der Waals surface area contributed by atoms with Gasteiger partial charge in [-0.1, -0.05) is 66.5 Å². The molecule has 4 saturated carbocycles. The van der Waals surface area contributed by atoms with Crippen LogP contribution in [0.25, 0.3) is 0 Å². The van der Waals surface area contributed by atoms with Gasteiger partial charge < -0.3 is 4.74 Å². The lowest BCUT2D eigenvalue weighted by Crippen LogP contribution is -2.64. The molecule has 0 saturated heterocycles. The van der Waals surface area contributed by atoms with E-state index in [9.17, 15) is 4.79 Å². The number of esters is 1. The fourth-order valence-electron chi connectivity index (χ4n) is 11.2. The smallest absolute Gasteiger partial charge is 0.302 e. The Morgan fingerprint density at radius 2 is 1.53 bits per heavy atom. The first-order valence-electron chi connectivity index (χ1n) is 14.6. The highest BCUT2D eigenvalue weighted by Crippen LogP contribution is 2.75. The number of hydrogen-bond donors (Lipinski definition) is 0. The summed E-state index contributed by atoms with van der Waals surface area (Å²) in [5, 5.41) is 0. The Morgan fingerprint density at radius 1 is 0.824 bits per heavy atom. The fourth-order valence-corrected chi connectivity index (χ4v) is 11.2. The van der Waals surface area contributed by atoms with Crippen molar-refractivity contribution in [2.45, 2.75) is 133 Å². The third kappa shape index (κ3) is 3.08. The van der Waals surface area contributed by atoms with Crippen LogP contribution < -0.4 is 0 Å². The van der Waals surface area contributed by atoms with Crippen LogP contribution >= 0.6 is 0 Å². The maximum Gasteiger partial charge on any atom is 0.302 e. The maximum absolute atomic E-state index is 11.9. The van der Waals surface area contributed by atoms with Crippen LogP contribution in [0.4, 0.5) is 0 Å². The standard InChI is InChI=1S/C32H52O2/c1-20-12-15-29(6)18-19-31(8)23(27(29)21(20)2)10-11-25-30(7)16-14-26(34-22(3)33)28(4,5)24(30)13-17-32(25,31)9/h20-21,24-26H,10-19H2,1-9H3. The predicted octanol–water partition coefficient (Wildman–Crippen LogP) is 8.74. The molecule has 0 aliphatic heterocycles. The molecular formula is C32H52O2. The van der Waals surface area contributed by atoms with Gasteiger partial charge in [-0.25, -0.2) is 0 Å². The minimum atomic E-state index is -0.107. The van der Waals surface area contributed by atoms with Crippen LogP contribution in [0.5, 0.6) is 0 Å². The highest BCUT2D eigenvalue weighted by Gasteiger charge is 2.67. The Hall–Kier alpha value is -0.790. The summed E-state index contributed by atoms with van der Waals surface area (Å²) in [6.07, 6.45) is 13.2. The van der Waals surface area contributed by atoms with Gasteiger partial charge in [-0.2, -0.15) is 0 Å². The molecular weight excluding hydrogens is 416 g/mol. The van der Waals surface area contributed by atoms with Crippen LogP contribution in [0.2, 0.25) is 0 Å². The van der Waals surface area contributed by atoms with Gasteiger partial charge in [-0.05, 0) is 110 Å². The van der Waals surface area contributed by atoms with E-state index in [1.54, 1.807) is 6.92 Å². The normalized spacial score (nSPS) is 52.1. The largest absolute Gasteiger partial charge is 0.462 e. The summed E-state index contributed by atoms with van der Waals surface area (Å²) in [5.74, 6) is 2.88. The first-order chi connectivity index (χ1) is 15.7. The van der Waals surface area contributed by atoms with Crippen molar-refractivity contribution in [3.63, 3.8) is 0 Å². The number of carbonyl (C=O) groups is 1. The molecule has 0 radical (unpaired) electrons. The quantitative estimate of drug-likeness (QED) is 0.284. The van der Waals surface area contributed by atoms with Gasteiger partial charge in [0, 0.05) is 12.3 Å². The van der Waals surface area contributed by atoms with E-state index in [1.165, 1.54) is 57.8 Å². The summed E-state index contributed by atoms with van der Waals surface area (Å²) in [6.45, 7) is 22.1. The molecule has 0 N–H and O–H groups in total. The minimum Gasteiger partial charge on any atom is -0.462 e. The van der Waals surface area contributed by atoms with Gasteiger partial charge >= 0.3 is 5.97 Å². The second-order valence-electron chi connectivity index (χ2n) is 15.2. The van der Waals surface area contributed by atoms with Crippen LogP contribution in [0.3, 0.4) is 0 Å². The van der Waals surface area contributed by atoms with Gasteiger partial charge in [0.2, 0.25) is 0 Å². The van der Waals surface area contributed by atoms with Crippen LogP contribution in [0.15, 0.2) is 11.1 Å². The van der Waals surface area contributed by atoms with Gasteiger partial charge in [-0.3, -0.25) is 4.79 Å². The highest BCUT2D eigenvalue weighted by atomic mass is 16.5. The van der Waals surface area contributed by atoms with Crippen molar-refractivity contribution in [3.8, 4) is 0 Å². The summed E-state index contributed by atoms with van der Waals surface area (Å²) < 4.78 is 5.91. The van der Waals surface area contributed by atoms with E-state index < -0.39 is 0 Å². The molecule has 0 spiro atoms. The van der Waals surface area contributed by atoms with Crippen molar-refractivity contribution >= 4 is 5.97 Å². The molecule has 5 rings (SSSR count). The van der Waals surface area contributed by atoms with Crippen LogP contribution in [-0.2, 0) is 9.53 Å². The molecule has 0 aromatic carbocycles. The van der Waals surface area contributed by atoms with E-state index in [1.807, 2.05) is 11.1 Å². The van der Waals surface area contributed by atoms with Crippen LogP contribution in [0, 0.1) is 50.7 Å². The molecule has 34 heavy (non-hydrogen) atoms. The predicted molar refractivity (Wildman–Crippen MR) is 140 cm³/mol. The van der Waals surface area contributed by atoms with E-state index in [2.05, 4.69) is 55.4 Å². The third-order valence-corrected chi connectivity index (χ3v) is 13.5. The van der Waals surface area contributed by atoms with Crippen molar-refractivity contribution in [2.24, 2.45) is 50.7 Å². The number of ether oxygens (including phenoxy) is 1. The average molecular weight is 469 g/mol. The van der Waals surface area contributed by atoms with Crippen molar-refractivity contribution in [1.82, 2.24) is 0 Å². The zero-order valence-electron chi connectivity index (χ0n) is 23.8. The first kappa shape index (κ1) is 24.9. The van der Waals surface area contributed by atoms with Crippen molar-refractivity contribution < 1.29 is 9.53 Å².